The molecule has 2 heterocycles. The summed E-state index contributed by atoms with van der Waals surface area (Å²) in [6.45, 7) is 2.04. The van der Waals surface area contributed by atoms with Gasteiger partial charge in [0, 0.05) is 16.5 Å². The zero-order chi connectivity index (χ0) is 19.3. The van der Waals surface area contributed by atoms with Crippen molar-refractivity contribution in [3.63, 3.8) is 0 Å². The van der Waals surface area contributed by atoms with Crippen LogP contribution in [0.15, 0.2) is 41.5 Å². The average molecular weight is 394 g/mol. The molecule has 1 amide bonds. The highest BCUT2D eigenvalue weighted by Crippen LogP contribution is 2.44. The minimum absolute atomic E-state index is 0.0286. The number of amides is 1. The molecule has 1 N–H and O–H groups in total. The highest BCUT2D eigenvalue weighted by Gasteiger charge is 2.42. The molecular formula is C22H23N3O2S. The van der Waals surface area contributed by atoms with Gasteiger partial charge in [0.25, 0.3) is 5.56 Å². The molecule has 0 bridgehead atoms. The fourth-order valence-electron chi connectivity index (χ4n) is 4.12. The van der Waals surface area contributed by atoms with Crippen molar-refractivity contribution in [2.75, 3.05) is 0 Å². The van der Waals surface area contributed by atoms with E-state index in [0.717, 1.165) is 20.8 Å². The molecule has 2 aromatic heterocycles. The Kier molecular flexibility index (Phi) is 4.31. The lowest BCUT2D eigenvalue weighted by Gasteiger charge is -2.18. The van der Waals surface area contributed by atoms with Crippen LogP contribution < -0.4 is 10.9 Å². The molecule has 5 rings (SSSR count). The molecule has 2 fully saturated rings. The molecule has 6 heteroatoms. The molecule has 5 nitrogen and oxygen atoms in total. The lowest BCUT2D eigenvalue weighted by atomic mass is 10.0. The van der Waals surface area contributed by atoms with Crippen LogP contribution in [0.1, 0.15) is 30.6 Å². The Morgan fingerprint density at radius 2 is 1.89 bits per heavy atom. The first-order valence-electron chi connectivity index (χ1n) is 9.95. The van der Waals surface area contributed by atoms with Gasteiger partial charge in [0.15, 0.2) is 0 Å². The second-order valence-corrected chi connectivity index (χ2v) is 9.23. The fourth-order valence-corrected chi connectivity index (χ4v) is 5.12. The van der Waals surface area contributed by atoms with E-state index >= 15 is 0 Å². The summed E-state index contributed by atoms with van der Waals surface area (Å²) in [5.41, 5.74) is 1.80. The lowest BCUT2D eigenvalue weighted by Crippen LogP contribution is -2.41. The third kappa shape index (κ3) is 3.26. The number of carbonyl (C=O) groups excluding carboxylic acids is 1. The summed E-state index contributed by atoms with van der Waals surface area (Å²) in [4.78, 5) is 32.1. The van der Waals surface area contributed by atoms with Crippen LogP contribution in [0.5, 0.6) is 0 Å². The Balaban J connectivity index is 1.46. The monoisotopic (exact) mass is 393 g/mol. The molecule has 0 atom stereocenters. The number of thiophene rings is 1. The van der Waals surface area contributed by atoms with Crippen molar-refractivity contribution >= 4 is 27.5 Å². The zero-order valence-corrected chi connectivity index (χ0v) is 16.7. The first-order valence-corrected chi connectivity index (χ1v) is 10.8. The van der Waals surface area contributed by atoms with Crippen molar-refractivity contribution in [3.8, 4) is 11.1 Å². The van der Waals surface area contributed by atoms with E-state index < -0.39 is 0 Å². The maximum atomic E-state index is 13.2. The molecule has 3 aromatic rings. The van der Waals surface area contributed by atoms with E-state index in [1.54, 1.807) is 0 Å². The quantitative estimate of drug-likeness (QED) is 0.694. The molecular weight excluding hydrogens is 370 g/mol. The van der Waals surface area contributed by atoms with E-state index in [4.69, 9.17) is 0 Å². The molecule has 0 unspecified atom stereocenters. The Bertz CT molecular complexity index is 1080. The molecule has 0 saturated heterocycles. The molecule has 0 radical (unpaired) electrons. The zero-order valence-electron chi connectivity index (χ0n) is 15.9. The van der Waals surface area contributed by atoms with Crippen LogP contribution in [0.2, 0.25) is 0 Å². The van der Waals surface area contributed by atoms with E-state index in [0.29, 0.717) is 23.3 Å². The predicted molar refractivity (Wildman–Crippen MR) is 111 cm³/mol. The van der Waals surface area contributed by atoms with Gasteiger partial charge in [0.1, 0.15) is 11.4 Å². The van der Waals surface area contributed by atoms with Crippen molar-refractivity contribution in [2.24, 2.45) is 11.8 Å². The molecule has 2 saturated carbocycles. The molecule has 1 aromatic carbocycles. The number of nitrogens with one attached hydrogen (secondary N) is 1. The highest BCUT2D eigenvalue weighted by atomic mass is 32.1. The van der Waals surface area contributed by atoms with Gasteiger partial charge >= 0.3 is 0 Å². The summed E-state index contributed by atoms with van der Waals surface area (Å²) in [5, 5.41) is 3.81. The lowest BCUT2D eigenvalue weighted by molar-refractivity contribution is -0.122. The molecule has 2 aliphatic carbocycles. The molecule has 0 spiro atoms. The number of aromatic nitrogens is 2. The number of nitrogens with zero attached hydrogens (tertiary/aromatic N) is 2. The van der Waals surface area contributed by atoms with Crippen molar-refractivity contribution in [2.45, 2.75) is 45.2 Å². The maximum absolute atomic E-state index is 13.2. The third-order valence-electron chi connectivity index (χ3n) is 5.82. The summed E-state index contributed by atoms with van der Waals surface area (Å²) in [7, 11) is 0. The van der Waals surface area contributed by atoms with E-state index in [-0.39, 0.29) is 18.0 Å². The van der Waals surface area contributed by atoms with E-state index in [1.807, 2.05) is 37.3 Å². The molecule has 28 heavy (non-hydrogen) atoms. The summed E-state index contributed by atoms with van der Waals surface area (Å²) in [6.07, 6.45) is 6.36. The topological polar surface area (TPSA) is 64.0 Å². The highest BCUT2D eigenvalue weighted by molar-refractivity contribution is 7.19. The van der Waals surface area contributed by atoms with Gasteiger partial charge in [-0.1, -0.05) is 30.3 Å². The van der Waals surface area contributed by atoms with Crippen molar-refractivity contribution < 1.29 is 4.79 Å². The molecule has 2 aliphatic rings. The number of rotatable bonds is 6. The second-order valence-electron chi connectivity index (χ2n) is 8.03. The van der Waals surface area contributed by atoms with Gasteiger partial charge in [-0.05, 0) is 50.0 Å². The van der Waals surface area contributed by atoms with Crippen molar-refractivity contribution in [1.29, 1.82) is 0 Å². The summed E-state index contributed by atoms with van der Waals surface area (Å²) in [6, 6.07) is 10.2. The fraction of sp³-hybridized carbons (Fsp3) is 0.409. The summed E-state index contributed by atoms with van der Waals surface area (Å²) < 4.78 is 1.45. The number of hydrogen-bond acceptors (Lipinski definition) is 4. The SMILES string of the molecule is Cc1sc2ncn(CC(=O)NC(C3CC3)C3CC3)c(=O)c2c1-c1ccccc1. The van der Waals surface area contributed by atoms with Crippen LogP contribution in [0.3, 0.4) is 0 Å². The average Bonchev–Trinajstić information content (AvgIpc) is 3.60. The smallest absolute Gasteiger partial charge is 0.263 e. The first-order chi connectivity index (χ1) is 13.6. The van der Waals surface area contributed by atoms with Gasteiger partial charge in [-0.2, -0.15) is 0 Å². The largest absolute Gasteiger partial charge is 0.351 e. The third-order valence-corrected chi connectivity index (χ3v) is 6.83. The van der Waals surface area contributed by atoms with Crippen LogP contribution in [0.4, 0.5) is 0 Å². The van der Waals surface area contributed by atoms with Crippen LogP contribution in [-0.4, -0.2) is 21.5 Å². The number of hydrogen-bond donors (Lipinski definition) is 1. The van der Waals surface area contributed by atoms with Crippen LogP contribution in [-0.2, 0) is 11.3 Å². The van der Waals surface area contributed by atoms with Gasteiger partial charge in [0.2, 0.25) is 5.91 Å². The Labute approximate surface area is 167 Å². The van der Waals surface area contributed by atoms with E-state index in [1.165, 1.54) is 47.9 Å². The van der Waals surface area contributed by atoms with Crippen molar-refractivity contribution in [1.82, 2.24) is 14.9 Å². The van der Waals surface area contributed by atoms with Crippen LogP contribution >= 0.6 is 11.3 Å². The van der Waals surface area contributed by atoms with Gasteiger partial charge < -0.3 is 5.32 Å². The Morgan fingerprint density at radius 3 is 2.54 bits per heavy atom. The van der Waals surface area contributed by atoms with Gasteiger partial charge in [-0.15, -0.1) is 11.3 Å². The standard InChI is InChI=1S/C22H23N3O2S/c1-13-18(14-5-3-2-4-6-14)19-21(28-13)23-12-25(22(19)27)11-17(26)24-20(15-7-8-15)16-9-10-16/h2-6,12,15-16,20H,7-11H2,1H3,(H,24,26). The minimum atomic E-state index is -0.141. The first kappa shape index (κ1) is 17.6. The molecule has 144 valence electrons. The van der Waals surface area contributed by atoms with Crippen LogP contribution in [0.25, 0.3) is 21.3 Å². The normalized spacial score (nSPS) is 16.6. The van der Waals surface area contributed by atoms with E-state index in [9.17, 15) is 9.59 Å². The van der Waals surface area contributed by atoms with Gasteiger partial charge in [0.05, 0.1) is 11.7 Å². The summed E-state index contributed by atoms with van der Waals surface area (Å²) >= 11 is 1.53. The second kappa shape index (κ2) is 6.85. The van der Waals surface area contributed by atoms with Crippen molar-refractivity contribution in [3.05, 3.63) is 51.9 Å². The minimum Gasteiger partial charge on any atom is -0.351 e. The predicted octanol–water partition coefficient (Wildman–Crippen LogP) is 3.74. The molecule has 0 aliphatic heterocycles. The van der Waals surface area contributed by atoms with Gasteiger partial charge in [-0.3, -0.25) is 14.2 Å². The maximum Gasteiger partial charge on any atom is 0.263 e. The Morgan fingerprint density at radius 1 is 1.21 bits per heavy atom. The van der Waals surface area contributed by atoms with Crippen LogP contribution in [0, 0.1) is 18.8 Å². The number of fused-ring (bicyclic) bond motifs is 1. The number of benzene rings is 1. The number of carbonyl (C=O) groups is 1. The summed E-state index contributed by atoms with van der Waals surface area (Å²) in [5.74, 6) is 1.19. The Hall–Kier alpha value is -2.47. The van der Waals surface area contributed by atoms with Gasteiger partial charge in [-0.25, -0.2) is 4.98 Å². The van der Waals surface area contributed by atoms with E-state index in [2.05, 4.69) is 10.3 Å². The number of aryl methyl sites for hydroxylation is 1.